The zero-order valence-corrected chi connectivity index (χ0v) is 11.6. The SMILES string of the molecule is Cc1cc(=O)n2[nH]c(-c3cccc(Br)c3N)nc2n1. The maximum absolute atomic E-state index is 11.8. The van der Waals surface area contributed by atoms with E-state index in [0.717, 1.165) is 10.0 Å². The van der Waals surface area contributed by atoms with Gasteiger partial charge in [0.2, 0.25) is 0 Å². The van der Waals surface area contributed by atoms with E-state index in [4.69, 9.17) is 5.73 Å². The van der Waals surface area contributed by atoms with E-state index in [9.17, 15) is 4.79 Å². The van der Waals surface area contributed by atoms with Gasteiger partial charge in [-0.05, 0) is 35.0 Å². The Morgan fingerprint density at radius 3 is 2.95 bits per heavy atom. The van der Waals surface area contributed by atoms with Crippen molar-refractivity contribution in [1.29, 1.82) is 0 Å². The molecule has 0 fully saturated rings. The third-order valence-electron chi connectivity index (χ3n) is 2.77. The lowest BCUT2D eigenvalue weighted by atomic mass is 10.2. The molecule has 0 saturated carbocycles. The third kappa shape index (κ3) is 1.91. The first-order chi connectivity index (χ1) is 9.06. The van der Waals surface area contributed by atoms with E-state index in [-0.39, 0.29) is 5.56 Å². The van der Waals surface area contributed by atoms with Crippen LogP contribution in [-0.2, 0) is 0 Å². The summed E-state index contributed by atoms with van der Waals surface area (Å²) in [4.78, 5) is 20.3. The highest BCUT2D eigenvalue weighted by Gasteiger charge is 2.11. The Kier molecular flexibility index (Phi) is 2.63. The number of hydrogen-bond donors (Lipinski definition) is 2. The lowest BCUT2D eigenvalue weighted by Gasteiger charge is -2.03. The zero-order chi connectivity index (χ0) is 13.6. The first-order valence-corrected chi connectivity index (χ1v) is 6.36. The number of H-pyrrole nitrogens is 1. The van der Waals surface area contributed by atoms with Gasteiger partial charge >= 0.3 is 0 Å². The van der Waals surface area contributed by atoms with Gasteiger partial charge in [0.1, 0.15) is 0 Å². The van der Waals surface area contributed by atoms with Crippen molar-refractivity contribution in [2.75, 3.05) is 5.73 Å². The molecular weight excluding hydrogens is 310 g/mol. The smallest absolute Gasteiger partial charge is 0.274 e. The second-order valence-corrected chi connectivity index (χ2v) is 5.00. The van der Waals surface area contributed by atoms with Gasteiger partial charge in [0.25, 0.3) is 11.3 Å². The molecule has 0 unspecified atom stereocenters. The molecule has 0 atom stereocenters. The fraction of sp³-hybridized carbons (Fsp3) is 0.0833. The van der Waals surface area contributed by atoms with Gasteiger partial charge in [-0.25, -0.2) is 4.98 Å². The Balaban J connectivity index is 2.30. The maximum Gasteiger partial charge on any atom is 0.274 e. The molecule has 96 valence electrons. The number of halogens is 1. The molecule has 19 heavy (non-hydrogen) atoms. The van der Waals surface area contributed by atoms with Crippen LogP contribution in [-0.4, -0.2) is 19.6 Å². The summed E-state index contributed by atoms with van der Waals surface area (Å²) < 4.78 is 2.07. The van der Waals surface area contributed by atoms with Crippen LogP contribution < -0.4 is 11.3 Å². The van der Waals surface area contributed by atoms with Crippen molar-refractivity contribution in [2.24, 2.45) is 0 Å². The molecule has 0 aliphatic carbocycles. The molecule has 3 rings (SSSR count). The third-order valence-corrected chi connectivity index (χ3v) is 3.46. The second-order valence-electron chi connectivity index (χ2n) is 4.14. The number of anilines is 1. The molecule has 0 bridgehead atoms. The summed E-state index contributed by atoms with van der Waals surface area (Å²) in [7, 11) is 0. The predicted octanol–water partition coefficient (Wildman–Crippen LogP) is 1.74. The number of aromatic nitrogens is 4. The van der Waals surface area contributed by atoms with Crippen LogP contribution in [0.5, 0.6) is 0 Å². The Hall–Kier alpha value is -2.15. The number of hydrogen-bond acceptors (Lipinski definition) is 4. The summed E-state index contributed by atoms with van der Waals surface area (Å²) in [5, 5.41) is 2.91. The first kappa shape index (κ1) is 11.9. The summed E-state index contributed by atoms with van der Waals surface area (Å²) in [6.07, 6.45) is 0. The van der Waals surface area contributed by atoms with Crippen LogP contribution >= 0.6 is 15.9 Å². The van der Waals surface area contributed by atoms with E-state index in [1.807, 2.05) is 18.2 Å². The number of fused-ring (bicyclic) bond motifs is 1. The van der Waals surface area contributed by atoms with Crippen LogP contribution in [0.2, 0.25) is 0 Å². The van der Waals surface area contributed by atoms with E-state index in [1.165, 1.54) is 10.6 Å². The molecule has 3 N–H and O–H groups in total. The van der Waals surface area contributed by atoms with Gasteiger partial charge < -0.3 is 5.73 Å². The van der Waals surface area contributed by atoms with Crippen LogP contribution in [0, 0.1) is 6.92 Å². The highest BCUT2D eigenvalue weighted by atomic mass is 79.9. The Morgan fingerprint density at radius 2 is 2.16 bits per heavy atom. The van der Waals surface area contributed by atoms with E-state index in [1.54, 1.807) is 6.92 Å². The van der Waals surface area contributed by atoms with Crippen molar-refractivity contribution in [1.82, 2.24) is 19.6 Å². The highest BCUT2D eigenvalue weighted by Crippen LogP contribution is 2.29. The van der Waals surface area contributed by atoms with Crippen molar-refractivity contribution in [3.05, 3.63) is 44.8 Å². The van der Waals surface area contributed by atoms with Crippen LogP contribution in [0.3, 0.4) is 0 Å². The second kappa shape index (κ2) is 4.20. The summed E-state index contributed by atoms with van der Waals surface area (Å²) in [5.41, 5.74) is 7.70. The molecule has 0 radical (unpaired) electrons. The lowest BCUT2D eigenvalue weighted by Crippen LogP contribution is -2.14. The minimum atomic E-state index is -0.199. The molecule has 0 aliphatic heterocycles. The van der Waals surface area contributed by atoms with Gasteiger partial charge in [-0.1, -0.05) is 6.07 Å². The van der Waals surface area contributed by atoms with Gasteiger partial charge in [0.15, 0.2) is 5.82 Å². The zero-order valence-electron chi connectivity index (χ0n) is 10.0. The fourth-order valence-corrected chi connectivity index (χ4v) is 2.22. The highest BCUT2D eigenvalue weighted by molar-refractivity contribution is 9.10. The monoisotopic (exact) mass is 319 g/mol. The van der Waals surface area contributed by atoms with E-state index < -0.39 is 0 Å². The minimum Gasteiger partial charge on any atom is -0.397 e. The average molecular weight is 320 g/mol. The number of aryl methyl sites for hydroxylation is 1. The normalized spacial score (nSPS) is 11.1. The number of aromatic amines is 1. The molecule has 3 aromatic rings. The Labute approximate surface area is 116 Å². The number of rotatable bonds is 1. The fourth-order valence-electron chi connectivity index (χ4n) is 1.86. The topological polar surface area (TPSA) is 89.1 Å². The van der Waals surface area contributed by atoms with Crippen LogP contribution in [0.1, 0.15) is 5.69 Å². The predicted molar refractivity (Wildman–Crippen MR) is 75.9 cm³/mol. The Bertz CT molecular complexity index is 836. The molecule has 6 nitrogen and oxygen atoms in total. The van der Waals surface area contributed by atoms with Crippen molar-refractivity contribution < 1.29 is 0 Å². The lowest BCUT2D eigenvalue weighted by molar-refractivity contribution is 0.892. The number of nitrogen functional groups attached to an aromatic ring is 1. The molecule has 0 spiro atoms. The van der Waals surface area contributed by atoms with Gasteiger partial charge in [-0.2, -0.15) is 9.50 Å². The van der Waals surface area contributed by atoms with Gasteiger partial charge in [-0.3, -0.25) is 9.89 Å². The molecule has 2 aromatic heterocycles. The van der Waals surface area contributed by atoms with Gasteiger partial charge in [0, 0.05) is 21.8 Å². The van der Waals surface area contributed by atoms with Crippen molar-refractivity contribution in [2.45, 2.75) is 6.92 Å². The summed E-state index contributed by atoms with van der Waals surface area (Å²) in [6.45, 7) is 1.75. The van der Waals surface area contributed by atoms with E-state index >= 15 is 0 Å². The number of nitrogens with one attached hydrogen (secondary N) is 1. The molecule has 0 saturated heterocycles. The van der Waals surface area contributed by atoms with Crippen LogP contribution in [0.15, 0.2) is 33.5 Å². The standard InChI is InChI=1S/C12H10BrN5O/c1-6-5-9(19)18-12(15-6)16-11(17-18)7-3-2-4-8(13)10(7)14/h2-5H,14H2,1H3,(H,15,16,17). The molecular formula is C12H10BrN5O. The van der Waals surface area contributed by atoms with Crippen LogP contribution in [0.4, 0.5) is 5.69 Å². The maximum atomic E-state index is 11.8. The molecule has 7 heteroatoms. The molecule has 2 heterocycles. The summed E-state index contributed by atoms with van der Waals surface area (Å²) >= 11 is 3.36. The van der Waals surface area contributed by atoms with Gasteiger partial charge in [-0.15, -0.1) is 0 Å². The van der Waals surface area contributed by atoms with Gasteiger partial charge in [0.05, 0.1) is 5.69 Å². The summed E-state index contributed by atoms with van der Waals surface area (Å²) in [6, 6.07) is 6.97. The van der Waals surface area contributed by atoms with E-state index in [0.29, 0.717) is 23.0 Å². The van der Waals surface area contributed by atoms with Crippen molar-refractivity contribution in [3.8, 4) is 11.4 Å². The van der Waals surface area contributed by atoms with Crippen molar-refractivity contribution in [3.63, 3.8) is 0 Å². The van der Waals surface area contributed by atoms with Crippen LogP contribution in [0.25, 0.3) is 17.2 Å². The summed E-state index contributed by atoms with van der Waals surface area (Å²) in [5.74, 6) is 0.841. The number of nitrogens with two attached hydrogens (primary N) is 1. The molecule has 0 amide bonds. The average Bonchev–Trinajstić information content (AvgIpc) is 2.76. The molecule has 1 aromatic carbocycles. The first-order valence-electron chi connectivity index (χ1n) is 5.57. The van der Waals surface area contributed by atoms with E-state index in [2.05, 4.69) is 31.0 Å². The number of para-hydroxylation sites is 1. The molecule has 0 aliphatic rings. The quantitative estimate of drug-likeness (QED) is 0.668. The Morgan fingerprint density at radius 1 is 1.37 bits per heavy atom. The van der Waals surface area contributed by atoms with Crippen molar-refractivity contribution >= 4 is 27.4 Å². The number of nitrogens with zero attached hydrogens (tertiary/aromatic N) is 3. The largest absolute Gasteiger partial charge is 0.397 e. The number of benzene rings is 1. The minimum absolute atomic E-state index is 0.199.